The van der Waals surface area contributed by atoms with E-state index in [0.717, 1.165) is 9.80 Å². The Morgan fingerprint density at radius 1 is 0.615 bits per heavy atom. The summed E-state index contributed by atoms with van der Waals surface area (Å²) >= 11 is 0. The number of nitrogens with two attached hydrogens (primary N) is 1. The van der Waals surface area contributed by atoms with Crippen molar-refractivity contribution < 1.29 is 80.5 Å². The smallest absolute Gasteiger partial charge is 1.00 e. The first-order valence-corrected chi connectivity index (χ1v) is 6.71. The molecule has 0 radical (unpaired) electrons. The van der Waals surface area contributed by atoms with Crippen molar-refractivity contribution in [3.63, 3.8) is 0 Å². The Labute approximate surface area is 171 Å². The molecule has 0 aromatic heterocycles. The topological polar surface area (TPSA) is 219 Å². The molecule has 0 aromatic rings. The van der Waals surface area contributed by atoms with Gasteiger partial charge >= 0.3 is 59.4 Å². The molecule has 0 saturated carbocycles. The Hall–Kier alpha value is -1.77. The molecule has 0 unspecified atom stereocenters. The second kappa shape index (κ2) is 16.7. The summed E-state index contributed by atoms with van der Waals surface area (Å²) in [6.45, 7) is -2.53. The van der Waals surface area contributed by atoms with Crippen molar-refractivity contribution >= 4 is 29.8 Å². The first-order valence-electron chi connectivity index (χ1n) is 6.71. The van der Waals surface area contributed by atoms with Crippen LogP contribution in [0.1, 0.15) is 1.43 Å². The molecule has 0 amide bonds. The van der Waals surface area contributed by atoms with E-state index in [1.807, 2.05) is 0 Å². The minimum atomic E-state index is -1.23. The Balaban J connectivity index is -0.000000333. The quantitative estimate of drug-likeness (QED) is 0.171. The third-order valence-corrected chi connectivity index (χ3v) is 2.34. The summed E-state index contributed by atoms with van der Waals surface area (Å²) in [5, 5.41) is 42.1. The van der Waals surface area contributed by atoms with Crippen LogP contribution < -0.4 is 35.3 Å². The molecule has 7 N–H and O–H groups in total. The monoisotopic (exact) mass is 391 g/mol. The molecule has 26 heavy (non-hydrogen) atoms. The first-order chi connectivity index (χ1) is 11.5. The molecule has 0 aliphatic heterocycles. The maximum absolute atomic E-state index is 10.6. The Morgan fingerprint density at radius 3 is 0.923 bits per heavy atom. The van der Waals surface area contributed by atoms with Crippen molar-refractivity contribution in [3.8, 4) is 0 Å². The Bertz CT molecular complexity index is 426. The van der Waals surface area contributed by atoms with Gasteiger partial charge in [-0.25, -0.2) is 0 Å². The van der Waals surface area contributed by atoms with E-state index in [0.29, 0.717) is 0 Å². The van der Waals surface area contributed by atoms with Gasteiger partial charge in [-0.05, 0) is 0 Å². The van der Waals surface area contributed by atoms with E-state index in [1.165, 1.54) is 0 Å². The molecule has 146 valence electrons. The van der Waals surface area contributed by atoms with Gasteiger partial charge in [0.05, 0.1) is 32.7 Å². The molecule has 0 spiro atoms. The van der Waals surface area contributed by atoms with E-state index in [4.69, 9.17) is 25.5 Å². The van der Waals surface area contributed by atoms with Crippen molar-refractivity contribution in [1.82, 2.24) is 9.80 Å². The third kappa shape index (κ3) is 22.2. The van der Waals surface area contributed by atoms with Gasteiger partial charge in [0.1, 0.15) is 0 Å². The zero-order chi connectivity index (χ0) is 20.0. The number of carboxylic acids is 5. The van der Waals surface area contributed by atoms with Crippen molar-refractivity contribution in [1.29, 1.82) is 0 Å². The number of hydrogen-bond donors (Lipinski definition) is 6. The van der Waals surface area contributed by atoms with Gasteiger partial charge < -0.3 is 32.7 Å². The SMILES string of the molecule is NCC(=O)O.O=C(O)CN(CCN(CC(=O)O)CC(=O)O)CC(=O)O.[H-].[Na+]. The summed E-state index contributed by atoms with van der Waals surface area (Å²) in [6.07, 6.45) is 0. The molecule has 0 atom stereocenters. The Kier molecular flexibility index (Phi) is 18.6. The van der Waals surface area contributed by atoms with Gasteiger partial charge in [-0.2, -0.15) is 0 Å². The van der Waals surface area contributed by atoms with Crippen LogP contribution in [0.2, 0.25) is 0 Å². The van der Waals surface area contributed by atoms with E-state index < -0.39 is 56.0 Å². The van der Waals surface area contributed by atoms with Crippen LogP contribution in [0.25, 0.3) is 0 Å². The van der Waals surface area contributed by atoms with Crippen LogP contribution in [0.3, 0.4) is 0 Å². The van der Waals surface area contributed by atoms with Crippen molar-refractivity contribution in [2.75, 3.05) is 45.8 Å². The largest absolute Gasteiger partial charge is 1.00 e. The molecular formula is C12H22N3NaO10. The average Bonchev–Trinajstić information content (AvgIpc) is 2.42. The van der Waals surface area contributed by atoms with E-state index in [-0.39, 0.29) is 50.6 Å². The zero-order valence-corrected chi connectivity index (χ0v) is 16.2. The normalized spacial score (nSPS) is 9.65. The van der Waals surface area contributed by atoms with Gasteiger partial charge in [-0.15, -0.1) is 0 Å². The molecule has 0 saturated heterocycles. The summed E-state index contributed by atoms with van der Waals surface area (Å²) in [5.74, 6) is -5.88. The number of aliphatic carboxylic acids is 5. The maximum Gasteiger partial charge on any atom is 1.00 e. The number of carbonyl (C=O) groups is 5. The minimum absolute atomic E-state index is 0. The number of nitrogens with zero attached hydrogens (tertiary/aromatic N) is 2. The van der Waals surface area contributed by atoms with Crippen molar-refractivity contribution in [2.45, 2.75) is 0 Å². The van der Waals surface area contributed by atoms with E-state index in [9.17, 15) is 24.0 Å². The molecule has 0 heterocycles. The van der Waals surface area contributed by atoms with Crippen LogP contribution in [-0.4, -0.2) is 111 Å². The van der Waals surface area contributed by atoms with Gasteiger partial charge in [0.25, 0.3) is 0 Å². The van der Waals surface area contributed by atoms with Crippen molar-refractivity contribution in [2.24, 2.45) is 5.73 Å². The molecule has 0 bridgehead atoms. The zero-order valence-electron chi connectivity index (χ0n) is 15.2. The molecule has 0 fully saturated rings. The van der Waals surface area contributed by atoms with Crippen LogP contribution in [-0.2, 0) is 24.0 Å². The summed E-state index contributed by atoms with van der Waals surface area (Å²) in [6, 6.07) is 0. The second-order valence-electron chi connectivity index (χ2n) is 4.59. The van der Waals surface area contributed by atoms with E-state index in [2.05, 4.69) is 5.73 Å². The number of hydrogen-bond acceptors (Lipinski definition) is 8. The summed E-state index contributed by atoms with van der Waals surface area (Å²) in [5.41, 5.74) is 4.57. The van der Waals surface area contributed by atoms with Gasteiger partial charge in [-0.3, -0.25) is 33.8 Å². The molecule has 0 rings (SSSR count). The molecule has 0 aromatic carbocycles. The standard InChI is InChI=1S/C10H16N2O8.C2H5NO2.Na.H/c13-7(14)3-11(4-8(15)16)1-2-12(5-9(17)18)6-10(19)20;3-1-2(4)5;;/h1-6H2,(H,13,14)(H,15,16)(H,17,18)(H,19,20);1,3H2,(H,4,5);;/q;;+1;-1. The number of rotatable bonds is 12. The molecule has 14 heteroatoms. The summed E-state index contributed by atoms with van der Waals surface area (Å²) < 4.78 is 0. The van der Waals surface area contributed by atoms with Gasteiger partial charge in [0.15, 0.2) is 0 Å². The van der Waals surface area contributed by atoms with Crippen LogP contribution in [0.4, 0.5) is 0 Å². The fourth-order valence-corrected chi connectivity index (χ4v) is 1.48. The molecule has 13 nitrogen and oxygen atoms in total. The minimum Gasteiger partial charge on any atom is -1.00 e. The molecule has 0 aliphatic carbocycles. The fourth-order valence-electron chi connectivity index (χ4n) is 1.48. The number of carboxylic acid groups (broad SMARTS) is 5. The summed E-state index contributed by atoms with van der Waals surface area (Å²) in [4.78, 5) is 53.6. The van der Waals surface area contributed by atoms with E-state index in [1.54, 1.807) is 0 Å². The van der Waals surface area contributed by atoms with E-state index >= 15 is 0 Å². The molecule has 0 aliphatic rings. The van der Waals surface area contributed by atoms with Crippen LogP contribution in [0.15, 0.2) is 0 Å². The predicted octanol–water partition coefficient (Wildman–Crippen LogP) is -5.92. The fraction of sp³-hybridized carbons (Fsp3) is 0.583. The summed E-state index contributed by atoms with van der Waals surface area (Å²) in [7, 11) is 0. The van der Waals surface area contributed by atoms with Crippen molar-refractivity contribution in [3.05, 3.63) is 0 Å². The maximum atomic E-state index is 10.6. The molecular weight excluding hydrogens is 369 g/mol. The second-order valence-corrected chi connectivity index (χ2v) is 4.59. The predicted molar refractivity (Wildman–Crippen MR) is 81.2 cm³/mol. The third-order valence-electron chi connectivity index (χ3n) is 2.34. The van der Waals surface area contributed by atoms with Gasteiger partial charge in [0, 0.05) is 13.1 Å². The average molecular weight is 391 g/mol. The first kappa shape index (κ1) is 29.0. The van der Waals surface area contributed by atoms with Crippen LogP contribution in [0.5, 0.6) is 0 Å². The van der Waals surface area contributed by atoms with Crippen LogP contribution in [0, 0.1) is 0 Å². The van der Waals surface area contributed by atoms with Crippen LogP contribution >= 0.6 is 0 Å². The van der Waals surface area contributed by atoms with Gasteiger partial charge in [-0.1, -0.05) is 0 Å². The van der Waals surface area contributed by atoms with Gasteiger partial charge in [0.2, 0.25) is 0 Å². The Morgan fingerprint density at radius 2 is 0.808 bits per heavy atom.